The second-order valence-electron chi connectivity index (χ2n) is 6.31. The van der Waals surface area contributed by atoms with Crippen molar-refractivity contribution in [3.05, 3.63) is 80.0 Å². The molecule has 0 fully saturated rings. The molecule has 3 aromatic rings. The summed E-state index contributed by atoms with van der Waals surface area (Å²) < 4.78 is 0.913. The van der Waals surface area contributed by atoms with Crippen LogP contribution in [0.2, 0.25) is 0 Å². The van der Waals surface area contributed by atoms with Crippen molar-refractivity contribution in [1.82, 2.24) is 10.3 Å². The molecule has 4 nitrogen and oxygen atoms in total. The van der Waals surface area contributed by atoms with Crippen LogP contribution in [0.4, 0.5) is 0 Å². The number of pyridine rings is 1. The molecule has 0 aliphatic rings. The molecule has 2 aromatic carbocycles. The van der Waals surface area contributed by atoms with E-state index in [4.69, 9.17) is 0 Å². The standard InChI is InChI=1S/C20H19BrN2O2/c1-12(2)14-5-8-18-15(9-14)10-16(20(25)23-18)11-22-19(24)13-3-6-17(21)7-4-13/h3-10,12H,11H2,1-2H3,(H,22,24)(H,23,25). The number of rotatable bonds is 4. The average molecular weight is 399 g/mol. The van der Waals surface area contributed by atoms with Crippen molar-refractivity contribution in [1.29, 1.82) is 0 Å². The Hall–Kier alpha value is -2.40. The number of hydrogen-bond donors (Lipinski definition) is 2. The summed E-state index contributed by atoms with van der Waals surface area (Å²) in [7, 11) is 0. The fraction of sp³-hybridized carbons (Fsp3) is 0.200. The number of hydrogen-bond acceptors (Lipinski definition) is 2. The first-order valence-electron chi connectivity index (χ1n) is 8.13. The molecule has 0 aliphatic carbocycles. The lowest BCUT2D eigenvalue weighted by molar-refractivity contribution is 0.0951. The molecular weight excluding hydrogens is 380 g/mol. The van der Waals surface area contributed by atoms with Gasteiger partial charge in [0.15, 0.2) is 0 Å². The van der Waals surface area contributed by atoms with Gasteiger partial charge in [-0.05, 0) is 59.3 Å². The topological polar surface area (TPSA) is 62.0 Å². The Morgan fingerprint density at radius 2 is 1.84 bits per heavy atom. The van der Waals surface area contributed by atoms with Crippen molar-refractivity contribution in [3.8, 4) is 0 Å². The monoisotopic (exact) mass is 398 g/mol. The summed E-state index contributed by atoms with van der Waals surface area (Å²) >= 11 is 3.34. The minimum Gasteiger partial charge on any atom is -0.348 e. The molecule has 0 saturated carbocycles. The van der Waals surface area contributed by atoms with Gasteiger partial charge >= 0.3 is 0 Å². The highest BCUT2D eigenvalue weighted by Gasteiger charge is 2.09. The van der Waals surface area contributed by atoms with Crippen LogP contribution >= 0.6 is 15.9 Å². The number of amides is 1. The minimum absolute atomic E-state index is 0.180. The predicted octanol–water partition coefficient (Wildman–Crippen LogP) is 4.34. The first-order valence-corrected chi connectivity index (χ1v) is 8.93. The van der Waals surface area contributed by atoms with E-state index in [2.05, 4.69) is 46.1 Å². The van der Waals surface area contributed by atoms with Crippen LogP contribution in [0.5, 0.6) is 0 Å². The van der Waals surface area contributed by atoms with Gasteiger partial charge in [0.25, 0.3) is 11.5 Å². The maximum atomic E-state index is 12.2. The second-order valence-corrected chi connectivity index (χ2v) is 7.23. The molecule has 0 saturated heterocycles. The minimum atomic E-state index is -0.206. The largest absolute Gasteiger partial charge is 0.348 e. The molecule has 0 radical (unpaired) electrons. The second kappa shape index (κ2) is 7.23. The lowest BCUT2D eigenvalue weighted by Crippen LogP contribution is -2.26. The quantitative estimate of drug-likeness (QED) is 0.686. The number of aromatic amines is 1. The fourth-order valence-electron chi connectivity index (χ4n) is 2.64. The molecule has 2 N–H and O–H groups in total. The Morgan fingerprint density at radius 3 is 2.52 bits per heavy atom. The molecular formula is C20H19BrN2O2. The highest BCUT2D eigenvalue weighted by Crippen LogP contribution is 2.20. The zero-order chi connectivity index (χ0) is 18.0. The van der Waals surface area contributed by atoms with Crippen LogP contribution in [0.15, 0.2) is 57.8 Å². The molecule has 25 heavy (non-hydrogen) atoms. The van der Waals surface area contributed by atoms with Gasteiger partial charge in [-0.1, -0.05) is 35.8 Å². The molecule has 0 atom stereocenters. The summed E-state index contributed by atoms with van der Waals surface area (Å²) in [6.45, 7) is 4.45. The Kier molecular flexibility index (Phi) is 5.04. The van der Waals surface area contributed by atoms with E-state index in [1.54, 1.807) is 12.1 Å². The van der Waals surface area contributed by atoms with E-state index in [0.29, 0.717) is 17.0 Å². The number of H-pyrrole nitrogens is 1. The van der Waals surface area contributed by atoms with Gasteiger partial charge in [0.2, 0.25) is 0 Å². The van der Waals surface area contributed by atoms with E-state index in [1.807, 2.05) is 30.3 Å². The van der Waals surface area contributed by atoms with E-state index < -0.39 is 0 Å². The summed E-state index contributed by atoms with van der Waals surface area (Å²) in [5.74, 6) is 0.208. The lowest BCUT2D eigenvalue weighted by Gasteiger charge is -2.09. The molecule has 0 spiro atoms. The lowest BCUT2D eigenvalue weighted by atomic mass is 10.0. The van der Waals surface area contributed by atoms with Gasteiger partial charge in [-0.3, -0.25) is 9.59 Å². The van der Waals surface area contributed by atoms with Crippen molar-refractivity contribution in [3.63, 3.8) is 0 Å². The maximum Gasteiger partial charge on any atom is 0.253 e. The van der Waals surface area contributed by atoms with E-state index in [0.717, 1.165) is 15.4 Å². The molecule has 5 heteroatoms. The van der Waals surface area contributed by atoms with Gasteiger partial charge in [-0.15, -0.1) is 0 Å². The Morgan fingerprint density at radius 1 is 1.12 bits per heavy atom. The van der Waals surface area contributed by atoms with Crippen molar-refractivity contribution in [2.24, 2.45) is 0 Å². The van der Waals surface area contributed by atoms with E-state index in [9.17, 15) is 9.59 Å². The SMILES string of the molecule is CC(C)c1ccc2[nH]c(=O)c(CNC(=O)c3ccc(Br)cc3)cc2c1. The molecule has 3 rings (SSSR count). The van der Waals surface area contributed by atoms with Crippen molar-refractivity contribution in [2.75, 3.05) is 0 Å². The van der Waals surface area contributed by atoms with Gasteiger partial charge in [-0.25, -0.2) is 0 Å². The zero-order valence-electron chi connectivity index (χ0n) is 14.1. The van der Waals surface area contributed by atoms with Crippen LogP contribution in [0.1, 0.15) is 41.3 Å². The van der Waals surface area contributed by atoms with Gasteiger partial charge in [0.1, 0.15) is 0 Å². The Labute approximate surface area is 154 Å². The smallest absolute Gasteiger partial charge is 0.253 e. The summed E-state index contributed by atoms with van der Waals surface area (Å²) in [6.07, 6.45) is 0. The third-order valence-corrected chi connectivity index (χ3v) is 4.69. The number of aromatic nitrogens is 1. The first kappa shape index (κ1) is 17.4. The van der Waals surface area contributed by atoms with Gasteiger partial charge in [-0.2, -0.15) is 0 Å². The zero-order valence-corrected chi connectivity index (χ0v) is 15.7. The third kappa shape index (κ3) is 3.99. The van der Waals surface area contributed by atoms with Crippen LogP contribution in [-0.2, 0) is 6.54 Å². The first-order chi connectivity index (χ1) is 11.9. The summed E-state index contributed by atoms with van der Waals surface area (Å²) in [5, 5.41) is 3.77. The third-order valence-electron chi connectivity index (χ3n) is 4.16. The average Bonchev–Trinajstić information content (AvgIpc) is 2.59. The molecule has 0 unspecified atom stereocenters. The number of halogens is 1. The Bertz CT molecular complexity index is 975. The number of carbonyl (C=O) groups excluding carboxylic acids is 1. The number of carbonyl (C=O) groups is 1. The number of benzene rings is 2. The summed E-state index contributed by atoms with van der Waals surface area (Å²) in [5.41, 5.74) is 2.93. The molecule has 1 amide bonds. The van der Waals surface area contributed by atoms with Gasteiger partial charge < -0.3 is 10.3 Å². The molecule has 1 aromatic heterocycles. The highest BCUT2D eigenvalue weighted by atomic mass is 79.9. The van der Waals surface area contributed by atoms with Crippen LogP contribution in [0.25, 0.3) is 10.9 Å². The van der Waals surface area contributed by atoms with Crippen LogP contribution in [0, 0.1) is 0 Å². The van der Waals surface area contributed by atoms with E-state index in [-0.39, 0.29) is 18.0 Å². The van der Waals surface area contributed by atoms with E-state index in [1.165, 1.54) is 5.56 Å². The van der Waals surface area contributed by atoms with Gasteiger partial charge in [0, 0.05) is 27.7 Å². The molecule has 1 heterocycles. The number of fused-ring (bicyclic) bond motifs is 1. The molecule has 0 aliphatic heterocycles. The van der Waals surface area contributed by atoms with Crippen molar-refractivity contribution in [2.45, 2.75) is 26.3 Å². The molecule has 0 bridgehead atoms. The van der Waals surface area contributed by atoms with Crippen LogP contribution in [-0.4, -0.2) is 10.9 Å². The van der Waals surface area contributed by atoms with E-state index >= 15 is 0 Å². The predicted molar refractivity (Wildman–Crippen MR) is 104 cm³/mol. The van der Waals surface area contributed by atoms with Crippen LogP contribution in [0.3, 0.4) is 0 Å². The normalized spacial score (nSPS) is 11.0. The van der Waals surface area contributed by atoms with Crippen molar-refractivity contribution >= 4 is 32.7 Å². The van der Waals surface area contributed by atoms with Gasteiger partial charge in [0.05, 0.1) is 0 Å². The maximum absolute atomic E-state index is 12.2. The fourth-order valence-corrected chi connectivity index (χ4v) is 2.90. The summed E-state index contributed by atoms with van der Waals surface area (Å²) in [4.78, 5) is 27.3. The highest BCUT2D eigenvalue weighted by molar-refractivity contribution is 9.10. The summed E-state index contributed by atoms with van der Waals surface area (Å²) in [6, 6.07) is 15.0. The van der Waals surface area contributed by atoms with Crippen LogP contribution < -0.4 is 10.9 Å². The Balaban J connectivity index is 1.82. The molecule has 128 valence electrons. The van der Waals surface area contributed by atoms with Crippen molar-refractivity contribution < 1.29 is 4.79 Å². The number of nitrogens with one attached hydrogen (secondary N) is 2.